The summed E-state index contributed by atoms with van der Waals surface area (Å²) < 4.78 is 17.0. The van der Waals surface area contributed by atoms with Gasteiger partial charge in [-0.2, -0.15) is 0 Å². The molecule has 0 radical (unpaired) electrons. The van der Waals surface area contributed by atoms with E-state index in [1.807, 2.05) is 19.9 Å². The van der Waals surface area contributed by atoms with Gasteiger partial charge in [0.05, 0.1) is 16.9 Å². The van der Waals surface area contributed by atoms with Gasteiger partial charge in [-0.25, -0.2) is 4.79 Å². The van der Waals surface area contributed by atoms with Crippen molar-refractivity contribution in [1.82, 2.24) is 0 Å². The lowest BCUT2D eigenvalue weighted by Gasteiger charge is -2.33. The molecular formula is C16H20O5S. The Kier molecular flexibility index (Phi) is 4.45. The maximum atomic E-state index is 12.0. The number of rotatable bonds is 3. The van der Waals surface area contributed by atoms with Gasteiger partial charge in [0, 0.05) is 5.75 Å². The second-order valence-corrected chi connectivity index (χ2v) is 7.24. The zero-order valence-electron chi connectivity index (χ0n) is 12.6. The second kappa shape index (κ2) is 6.20. The molecule has 0 aliphatic carbocycles. The number of esters is 1. The number of carbonyl (C=O) groups is 1. The molecule has 0 saturated carbocycles. The lowest BCUT2D eigenvalue weighted by Crippen LogP contribution is -2.48. The number of fused-ring (bicyclic) bond motifs is 1. The minimum atomic E-state index is -0.719. The van der Waals surface area contributed by atoms with Crippen LogP contribution >= 0.6 is 11.8 Å². The number of ether oxygens (including phenoxy) is 3. The summed E-state index contributed by atoms with van der Waals surface area (Å²) in [5, 5.41) is 10.0. The standard InChI is InChI=1S/C16H20O5S/c1-16(2)20-13-11(17)9-22-12(14(13)21-16)8-19-15(18)10-6-4-3-5-7-10/h3-7,11-14,17H,8-9H2,1-2H3/t11-,12+,13+,14+/m0/s1. The maximum Gasteiger partial charge on any atom is 0.338 e. The molecule has 0 aromatic heterocycles. The number of carbonyl (C=O) groups excluding carboxylic acids is 1. The Morgan fingerprint density at radius 1 is 1.32 bits per heavy atom. The number of thioether (sulfide) groups is 1. The third kappa shape index (κ3) is 3.30. The van der Waals surface area contributed by atoms with Crippen molar-refractivity contribution in [2.75, 3.05) is 12.4 Å². The fraction of sp³-hybridized carbons (Fsp3) is 0.562. The van der Waals surface area contributed by atoms with Crippen molar-refractivity contribution in [2.24, 2.45) is 0 Å². The molecule has 22 heavy (non-hydrogen) atoms. The molecule has 0 amide bonds. The summed E-state index contributed by atoms with van der Waals surface area (Å²) in [6.07, 6.45) is -1.19. The Morgan fingerprint density at radius 3 is 2.73 bits per heavy atom. The van der Waals surface area contributed by atoms with E-state index in [-0.39, 0.29) is 30.0 Å². The Morgan fingerprint density at radius 2 is 2.00 bits per heavy atom. The average molecular weight is 324 g/mol. The predicted molar refractivity (Wildman–Crippen MR) is 82.8 cm³/mol. The van der Waals surface area contributed by atoms with Crippen LogP contribution in [0.2, 0.25) is 0 Å². The molecule has 0 spiro atoms. The van der Waals surface area contributed by atoms with Gasteiger partial charge in [-0.05, 0) is 26.0 Å². The quantitative estimate of drug-likeness (QED) is 0.856. The second-order valence-electron chi connectivity index (χ2n) is 5.97. The first kappa shape index (κ1) is 15.8. The van der Waals surface area contributed by atoms with Crippen molar-refractivity contribution in [3.05, 3.63) is 35.9 Å². The highest BCUT2D eigenvalue weighted by atomic mass is 32.2. The van der Waals surface area contributed by atoms with E-state index >= 15 is 0 Å². The summed E-state index contributed by atoms with van der Waals surface area (Å²) >= 11 is 1.55. The van der Waals surface area contributed by atoms with Crippen molar-refractivity contribution in [1.29, 1.82) is 0 Å². The molecule has 2 aliphatic rings. The monoisotopic (exact) mass is 324 g/mol. The van der Waals surface area contributed by atoms with E-state index in [2.05, 4.69) is 0 Å². The number of aliphatic hydroxyl groups is 1. The van der Waals surface area contributed by atoms with Gasteiger partial charge in [0.25, 0.3) is 0 Å². The minimum absolute atomic E-state index is 0.0390. The highest BCUT2D eigenvalue weighted by molar-refractivity contribution is 8.00. The summed E-state index contributed by atoms with van der Waals surface area (Å²) in [6.45, 7) is 3.90. The molecule has 3 rings (SSSR count). The third-order valence-corrected chi connectivity index (χ3v) is 5.14. The molecule has 2 fully saturated rings. The van der Waals surface area contributed by atoms with E-state index in [1.165, 1.54) is 0 Å². The largest absolute Gasteiger partial charge is 0.461 e. The molecule has 0 bridgehead atoms. The van der Waals surface area contributed by atoms with Crippen molar-refractivity contribution in [3.63, 3.8) is 0 Å². The van der Waals surface area contributed by atoms with Crippen LogP contribution in [0.3, 0.4) is 0 Å². The van der Waals surface area contributed by atoms with E-state index in [9.17, 15) is 9.90 Å². The topological polar surface area (TPSA) is 65.0 Å². The van der Waals surface area contributed by atoms with Gasteiger partial charge in [-0.3, -0.25) is 0 Å². The fourth-order valence-corrected chi connectivity index (χ4v) is 3.97. The summed E-state index contributed by atoms with van der Waals surface area (Å²) in [5.41, 5.74) is 0.531. The van der Waals surface area contributed by atoms with E-state index in [4.69, 9.17) is 14.2 Å². The first-order valence-corrected chi connectivity index (χ1v) is 8.39. The van der Waals surface area contributed by atoms with Gasteiger partial charge in [0.2, 0.25) is 0 Å². The maximum absolute atomic E-state index is 12.0. The van der Waals surface area contributed by atoms with Crippen LogP contribution in [0.25, 0.3) is 0 Å². The molecular weight excluding hydrogens is 304 g/mol. The highest BCUT2D eigenvalue weighted by Gasteiger charge is 2.51. The lowest BCUT2D eigenvalue weighted by atomic mass is 10.1. The van der Waals surface area contributed by atoms with Gasteiger partial charge in [0.15, 0.2) is 5.79 Å². The van der Waals surface area contributed by atoms with Gasteiger partial charge >= 0.3 is 5.97 Å². The molecule has 4 atom stereocenters. The van der Waals surface area contributed by atoms with E-state index < -0.39 is 11.9 Å². The van der Waals surface area contributed by atoms with Crippen molar-refractivity contribution < 1.29 is 24.1 Å². The Balaban J connectivity index is 1.62. The zero-order valence-corrected chi connectivity index (χ0v) is 13.4. The molecule has 120 valence electrons. The van der Waals surface area contributed by atoms with Gasteiger partial charge in [-0.1, -0.05) is 18.2 Å². The van der Waals surface area contributed by atoms with Gasteiger partial charge < -0.3 is 19.3 Å². The molecule has 6 heteroatoms. The number of benzene rings is 1. The summed E-state index contributed by atoms with van der Waals surface area (Å²) in [4.78, 5) is 12.0. The van der Waals surface area contributed by atoms with Crippen LogP contribution in [0, 0.1) is 0 Å². The van der Waals surface area contributed by atoms with E-state index in [0.717, 1.165) is 0 Å². The lowest BCUT2D eigenvalue weighted by molar-refractivity contribution is -0.153. The van der Waals surface area contributed by atoms with Crippen LogP contribution in [-0.4, -0.2) is 52.8 Å². The van der Waals surface area contributed by atoms with E-state index in [1.54, 1.807) is 36.0 Å². The third-order valence-electron chi connectivity index (χ3n) is 3.78. The first-order valence-electron chi connectivity index (χ1n) is 7.34. The van der Waals surface area contributed by atoms with Crippen LogP contribution in [0.1, 0.15) is 24.2 Å². The highest BCUT2D eigenvalue weighted by Crippen LogP contribution is 2.40. The van der Waals surface area contributed by atoms with Crippen LogP contribution in [0.15, 0.2) is 30.3 Å². The fourth-order valence-electron chi connectivity index (χ4n) is 2.77. The SMILES string of the molecule is CC1(C)O[C@H]2[C@H](O1)[C@@H](COC(=O)c1ccccc1)SC[C@@H]2O. The summed E-state index contributed by atoms with van der Waals surface area (Å²) in [5.74, 6) is -0.515. The molecule has 5 nitrogen and oxygen atoms in total. The number of hydrogen-bond acceptors (Lipinski definition) is 6. The number of aliphatic hydroxyl groups excluding tert-OH is 1. The van der Waals surface area contributed by atoms with Crippen LogP contribution in [0.5, 0.6) is 0 Å². The van der Waals surface area contributed by atoms with Gasteiger partial charge in [0.1, 0.15) is 18.8 Å². The van der Waals surface area contributed by atoms with Crippen LogP contribution < -0.4 is 0 Å². The average Bonchev–Trinajstić information content (AvgIpc) is 2.83. The van der Waals surface area contributed by atoms with Crippen LogP contribution in [-0.2, 0) is 14.2 Å². The molecule has 2 saturated heterocycles. The normalized spacial score (nSPS) is 33.2. The first-order chi connectivity index (χ1) is 10.5. The summed E-state index contributed by atoms with van der Waals surface area (Å²) in [7, 11) is 0. The van der Waals surface area contributed by atoms with Crippen molar-refractivity contribution >= 4 is 17.7 Å². The van der Waals surface area contributed by atoms with Crippen molar-refractivity contribution in [3.8, 4) is 0 Å². The van der Waals surface area contributed by atoms with Crippen molar-refractivity contribution in [2.45, 2.75) is 43.2 Å². The van der Waals surface area contributed by atoms with Gasteiger partial charge in [-0.15, -0.1) is 11.8 Å². The zero-order chi connectivity index (χ0) is 15.7. The molecule has 1 aromatic rings. The predicted octanol–water partition coefficient (Wildman–Crippen LogP) is 1.84. The summed E-state index contributed by atoms with van der Waals surface area (Å²) in [6, 6.07) is 8.90. The van der Waals surface area contributed by atoms with E-state index in [0.29, 0.717) is 11.3 Å². The molecule has 2 heterocycles. The molecule has 1 aromatic carbocycles. The minimum Gasteiger partial charge on any atom is -0.461 e. The Labute approximate surface area is 133 Å². The Bertz CT molecular complexity index is 533. The number of hydrogen-bond donors (Lipinski definition) is 1. The molecule has 1 N–H and O–H groups in total. The smallest absolute Gasteiger partial charge is 0.338 e. The van der Waals surface area contributed by atoms with Crippen LogP contribution in [0.4, 0.5) is 0 Å². The Hall–Kier alpha value is -1.08. The molecule has 2 aliphatic heterocycles. The molecule has 0 unspecified atom stereocenters.